The zero-order valence-corrected chi connectivity index (χ0v) is 13.1. The quantitative estimate of drug-likeness (QED) is 0.773. The van der Waals surface area contributed by atoms with Crippen molar-refractivity contribution in [2.75, 3.05) is 12.4 Å². The van der Waals surface area contributed by atoms with Crippen molar-refractivity contribution in [1.29, 1.82) is 0 Å². The van der Waals surface area contributed by atoms with Gasteiger partial charge in [0.15, 0.2) is 5.54 Å². The lowest BCUT2D eigenvalue weighted by Gasteiger charge is -2.26. The van der Waals surface area contributed by atoms with Crippen molar-refractivity contribution in [1.82, 2.24) is 15.3 Å². The summed E-state index contributed by atoms with van der Waals surface area (Å²) in [6.07, 6.45) is 0. The molecule has 0 aliphatic rings. The normalized spacial score (nSPS) is 13.0. The average Bonchev–Trinajstić information content (AvgIpc) is 2.54. The molecule has 23 heavy (non-hydrogen) atoms. The highest BCUT2D eigenvalue weighted by Gasteiger charge is 2.37. The Labute approximate surface area is 133 Å². The molecule has 0 saturated heterocycles. The van der Waals surface area contributed by atoms with E-state index in [0.29, 0.717) is 17.2 Å². The third kappa shape index (κ3) is 3.45. The highest BCUT2D eigenvalue weighted by atomic mass is 16.4. The highest BCUT2D eigenvalue weighted by molar-refractivity contribution is 5.97. The van der Waals surface area contributed by atoms with Gasteiger partial charge in [-0.05, 0) is 25.5 Å². The molecule has 1 amide bonds. The standard InChI is InChI=1S/C16H18N4O3/c1-10-9-12(19-15(17-3)18-10)13(21)20-16(2,14(22)23)11-7-5-4-6-8-11/h4-9H,1-3H3,(H,20,21)(H,22,23)(H,17,18,19). The molecule has 2 aromatic rings. The first-order chi connectivity index (χ1) is 10.9. The van der Waals surface area contributed by atoms with Crippen molar-refractivity contribution in [3.8, 4) is 0 Å². The van der Waals surface area contributed by atoms with Gasteiger partial charge in [-0.2, -0.15) is 0 Å². The van der Waals surface area contributed by atoms with Crippen molar-refractivity contribution in [3.05, 3.63) is 53.3 Å². The minimum Gasteiger partial charge on any atom is -0.479 e. The molecule has 0 spiro atoms. The predicted molar refractivity (Wildman–Crippen MR) is 85.2 cm³/mol. The van der Waals surface area contributed by atoms with Gasteiger partial charge >= 0.3 is 5.97 Å². The SMILES string of the molecule is CNc1nc(C)cc(C(=O)NC(C)(C(=O)O)c2ccccc2)n1. The Kier molecular flexibility index (Phi) is 4.59. The number of hydrogen-bond acceptors (Lipinski definition) is 5. The lowest BCUT2D eigenvalue weighted by atomic mass is 9.92. The number of rotatable bonds is 5. The molecule has 0 bridgehead atoms. The number of aryl methyl sites for hydroxylation is 1. The maximum Gasteiger partial charge on any atom is 0.333 e. The van der Waals surface area contributed by atoms with E-state index in [1.165, 1.54) is 13.0 Å². The van der Waals surface area contributed by atoms with E-state index in [9.17, 15) is 14.7 Å². The van der Waals surface area contributed by atoms with E-state index in [1.807, 2.05) is 0 Å². The fourth-order valence-corrected chi connectivity index (χ4v) is 2.11. The van der Waals surface area contributed by atoms with Gasteiger partial charge in [-0.3, -0.25) is 4.79 Å². The topological polar surface area (TPSA) is 104 Å². The number of nitrogens with zero attached hydrogens (tertiary/aromatic N) is 2. The smallest absolute Gasteiger partial charge is 0.333 e. The summed E-state index contributed by atoms with van der Waals surface area (Å²) < 4.78 is 0. The Morgan fingerprint density at radius 2 is 1.83 bits per heavy atom. The largest absolute Gasteiger partial charge is 0.479 e. The van der Waals surface area contributed by atoms with Crippen LogP contribution >= 0.6 is 0 Å². The summed E-state index contributed by atoms with van der Waals surface area (Å²) >= 11 is 0. The fraction of sp³-hybridized carbons (Fsp3) is 0.250. The molecule has 0 radical (unpaired) electrons. The number of amides is 1. The summed E-state index contributed by atoms with van der Waals surface area (Å²) in [5.74, 6) is -1.44. The van der Waals surface area contributed by atoms with E-state index < -0.39 is 17.4 Å². The van der Waals surface area contributed by atoms with E-state index in [0.717, 1.165) is 0 Å². The number of carboxylic acids is 1. The van der Waals surface area contributed by atoms with E-state index >= 15 is 0 Å². The number of nitrogens with one attached hydrogen (secondary N) is 2. The van der Waals surface area contributed by atoms with E-state index in [-0.39, 0.29) is 5.69 Å². The maximum absolute atomic E-state index is 12.5. The summed E-state index contributed by atoms with van der Waals surface area (Å²) in [4.78, 5) is 32.4. The Morgan fingerprint density at radius 3 is 2.39 bits per heavy atom. The van der Waals surface area contributed by atoms with Gasteiger partial charge in [0.25, 0.3) is 5.91 Å². The molecule has 0 fully saturated rings. The number of aliphatic carboxylic acids is 1. The van der Waals surface area contributed by atoms with Crippen molar-refractivity contribution in [2.24, 2.45) is 0 Å². The third-order valence-electron chi connectivity index (χ3n) is 3.45. The van der Waals surface area contributed by atoms with Gasteiger partial charge in [0.2, 0.25) is 5.95 Å². The number of aromatic nitrogens is 2. The number of carbonyl (C=O) groups is 2. The van der Waals surface area contributed by atoms with Gasteiger partial charge < -0.3 is 15.7 Å². The molecule has 2 rings (SSSR count). The zero-order chi connectivity index (χ0) is 17.0. The summed E-state index contributed by atoms with van der Waals surface area (Å²) in [5.41, 5.74) is -0.381. The summed E-state index contributed by atoms with van der Waals surface area (Å²) in [5, 5.41) is 14.9. The monoisotopic (exact) mass is 314 g/mol. The van der Waals surface area contributed by atoms with E-state index in [2.05, 4.69) is 20.6 Å². The van der Waals surface area contributed by atoms with Crippen LogP contribution in [0.15, 0.2) is 36.4 Å². The minimum atomic E-state index is -1.56. The Morgan fingerprint density at radius 1 is 1.17 bits per heavy atom. The zero-order valence-electron chi connectivity index (χ0n) is 13.1. The molecule has 7 nitrogen and oxygen atoms in total. The van der Waals surface area contributed by atoms with Crippen LogP contribution in [-0.2, 0) is 10.3 Å². The number of anilines is 1. The van der Waals surface area contributed by atoms with Gasteiger partial charge in [0.1, 0.15) is 5.69 Å². The first-order valence-corrected chi connectivity index (χ1v) is 7.01. The number of benzene rings is 1. The van der Waals surface area contributed by atoms with Gasteiger partial charge in [-0.1, -0.05) is 30.3 Å². The molecule has 120 valence electrons. The number of carboxylic acid groups (broad SMARTS) is 1. The summed E-state index contributed by atoms with van der Waals surface area (Å²) in [6.45, 7) is 3.17. The molecule has 0 aliphatic carbocycles. The van der Waals surface area contributed by atoms with Crippen molar-refractivity contribution in [3.63, 3.8) is 0 Å². The molecule has 1 unspecified atom stereocenters. The second-order valence-electron chi connectivity index (χ2n) is 5.22. The molecule has 1 atom stereocenters. The molecule has 1 heterocycles. The van der Waals surface area contributed by atoms with Gasteiger partial charge in [0, 0.05) is 12.7 Å². The van der Waals surface area contributed by atoms with Crippen molar-refractivity contribution in [2.45, 2.75) is 19.4 Å². The van der Waals surface area contributed by atoms with E-state index in [4.69, 9.17) is 0 Å². The van der Waals surface area contributed by atoms with Crippen LogP contribution in [0.2, 0.25) is 0 Å². The van der Waals surface area contributed by atoms with Crippen LogP contribution in [0, 0.1) is 6.92 Å². The van der Waals surface area contributed by atoms with Crippen LogP contribution in [0.4, 0.5) is 5.95 Å². The van der Waals surface area contributed by atoms with Gasteiger partial charge in [-0.15, -0.1) is 0 Å². The molecule has 0 saturated carbocycles. The van der Waals surface area contributed by atoms with Gasteiger partial charge in [0.05, 0.1) is 0 Å². The van der Waals surface area contributed by atoms with Crippen molar-refractivity contribution < 1.29 is 14.7 Å². The van der Waals surface area contributed by atoms with Crippen LogP contribution in [-0.4, -0.2) is 34.0 Å². The molecule has 1 aromatic carbocycles. The summed E-state index contributed by atoms with van der Waals surface area (Å²) in [6, 6.07) is 10.0. The van der Waals surface area contributed by atoms with Crippen LogP contribution in [0.3, 0.4) is 0 Å². The van der Waals surface area contributed by atoms with Crippen molar-refractivity contribution >= 4 is 17.8 Å². The number of carbonyl (C=O) groups excluding carboxylic acids is 1. The first-order valence-electron chi connectivity index (χ1n) is 7.01. The Balaban J connectivity index is 2.36. The highest BCUT2D eigenvalue weighted by Crippen LogP contribution is 2.21. The van der Waals surface area contributed by atoms with E-state index in [1.54, 1.807) is 44.3 Å². The average molecular weight is 314 g/mol. The predicted octanol–water partition coefficient (Wildman–Crippen LogP) is 1.56. The lowest BCUT2D eigenvalue weighted by Crippen LogP contribution is -2.49. The second-order valence-corrected chi connectivity index (χ2v) is 5.22. The first kappa shape index (κ1) is 16.4. The van der Waals surface area contributed by atoms with Crippen LogP contribution in [0.5, 0.6) is 0 Å². The summed E-state index contributed by atoms with van der Waals surface area (Å²) in [7, 11) is 1.64. The molecular weight excluding hydrogens is 296 g/mol. The minimum absolute atomic E-state index is 0.102. The maximum atomic E-state index is 12.5. The molecule has 0 aliphatic heterocycles. The molecule has 3 N–H and O–H groups in total. The fourth-order valence-electron chi connectivity index (χ4n) is 2.11. The lowest BCUT2D eigenvalue weighted by molar-refractivity contribution is -0.144. The number of hydrogen-bond donors (Lipinski definition) is 3. The molecule has 1 aromatic heterocycles. The van der Waals surface area contributed by atoms with Gasteiger partial charge in [-0.25, -0.2) is 14.8 Å². The van der Waals surface area contributed by atoms with Crippen LogP contribution < -0.4 is 10.6 Å². The Hall–Kier alpha value is -2.96. The molecular formula is C16H18N4O3. The third-order valence-corrected chi connectivity index (χ3v) is 3.45. The Bertz CT molecular complexity index is 733. The second kappa shape index (κ2) is 6.43. The molecule has 7 heteroatoms. The van der Waals surface area contributed by atoms with Crippen LogP contribution in [0.1, 0.15) is 28.7 Å². The van der Waals surface area contributed by atoms with Crippen LogP contribution in [0.25, 0.3) is 0 Å².